The second-order valence-corrected chi connectivity index (χ2v) is 6.83. The summed E-state index contributed by atoms with van der Waals surface area (Å²) in [6.07, 6.45) is 0. The molecule has 140 valence electrons. The monoisotopic (exact) mass is 371 g/mol. The lowest BCUT2D eigenvalue weighted by Crippen LogP contribution is -2.23. The SMILES string of the molecule is CNc1ccc(Nc2ccc(C)c(CN)c2)c2c1C(=O)c1ccccc1C2=O. The highest BCUT2D eigenvalue weighted by molar-refractivity contribution is 6.32. The summed E-state index contributed by atoms with van der Waals surface area (Å²) in [5.41, 5.74) is 11.7. The molecule has 0 atom stereocenters. The molecule has 0 saturated heterocycles. The summed E-state index contributed by atoms with van der Waals surface area (Å²) >= 11 is 0. The lowest BCUT2D eigenvalue weighted by Gasteiger charge is -2.23. The number of benzene rings is 3. The summed E-state index contributed by atoms with van der Waals surface area (Å²) in [4.78, 5) is 26.4. The van der Waals surface area contributed by atoms with Gasteiger partial charge in [-0.05, 0) is 42.3 Å². The third-order valence-electron chi connectivity index (χ3n) is 5.19. The van der Waals surface area contributed by atoms with Gasteiger partial charge in [-0.2, -0.15) is 0 Å². The van der Waals surface area contributed by atoms with E-state index in [1.165, 1.54) is 0 Å². The number of carbonyl (C=O) groups is 2. The summed E-state index contributed by atoms with van der Waals surface area (Å²) < 4.78 is 0. The first-order valence-electron chi connectivity index (χ1n) is 9.15. The van der Waals surface area contributed by atoms with Crippen molar-refractivity contribution in [3.05, 3.63) is 88.0 Å². The Morgan fingerprint density at radius 3 is 2.07 bits per heavy atom. The van der Waals surface area contributed by atoms with E-state index < -0.39 is 0 Å². The van der Waals surface area contributed by atoms with Crippen molar-refractivity contribution in [1.29, 1.82) is 0 Å². The molecule has 0 heterocycles. The maximum Gasteiger partial charge on any atom is 0.196 e. The van der Waals surface area contributed by atoms with Gasteiger partial charge < -0.3 is 16.4 Å². The van der Waals surface area contributed by atoms with Gasteiger partial charge >= 0.3 is 0 Å². The average Bonchev–Trinajstić information content (AvgIpc) is 2.73. The molecule has 0 fully saturated rings. The number of anilines is 3. The Labute approximate surface area is 163 Å². The first kappa shape index (κ1) is 17.9. The molecular weight excluding hydrogens is 350 g/mol. The molecule has 0 aliphatic heterocycles. The number of fused-ring (bicyclic) bond motifs is 2. The van der Waals surface area contributed by atoms with Crippen LogP contribution in [0.1, 0.15) is 43.0 Å². The lowest BCUT2D eigenvalue weighted by atomic mass is 9.82. The predicted molar refractivity (Wildman–Crippen MR) is 112 cm³/mol. The topological polar surface area (TPSA) is 84.2 Å². The highest BCUT2D eigenvalue weighted by Crippen LogP contribution is 2.37. The molecule has 5 nitrogen and oxygen atoms in total. The van der Waals surface area contributed by atoms with Crippen LogP contribution in [0.3, 0.4) is 0 Å². The van der Waals surface area contributed by atoms with E-state index in [1.54, 1.807) is 31.3 Å². The molecule has 1 aliphatic carbocycles. The number of nitrogens with one attached hydrogen (secondary N) is 2. The van der Waals surface area contributed by atoms with Crippen LogP contribution in [0, 0.1) is 6.92 Å². The van der Waals surface area contributed by atoms with Gasteiger partial charge in [-0.1, -0.05) is 30.3 Å². The van der Waals surface area contributed by atoms with E-state index in [2.05, 4.69) is 10.6 Å². The van der Waals surface area contributed by atoms with Crippen LogP contribution in [-0.4, -0.2) is 18.6 Å². The van der Waals surface area contributed by atoms with Gasteiger partial charge in [0.25, 0.3) is 0 Å². The Hall–Kier alpha value is -3.44. The van der Waals surface area contributed by atoms with E-state index in [0.29, 0.717) is 40.2 Å². The number of carbonyl (C=O) groups excluding carboxylic acids is 2. The van der Waals surface area contributed by atoms with E-state index in [0.717, 1.165) is 16.8 Å². The van der Waals surface area contributed by atoms with Crippen molar-refractivity contribution in [3.8, 4) is 0 Å². The third kappa shape index (κ3) is 2.77. The molecule has 0 unspecified atom stereocenters. The Bertz CT molecular complexity index is 1120. The van der Waals surface area contributed by atoms with Gasteiger partial charge in [0.15, 0.2) is 11.6 Å². The molecule has 28 heavy (non-hydrogen) atoms. The summed E-state index contributed by atoms with van der Waals surface area (Å²) in [6.45, 7) is 2.44. The van der Waals surface area contributed by atoms with E-state index >= 15 is 0 Å². The van der Waals surface area contributed by atoms with Crippen LogP contribution in [0.25, 0.3) is 0 Å². The molecule has 0 spiro atoms. The minimum Gasteiger partial charge on any atom is -0.388 e. The van der Waals surface area contributed by atoms with Crippen molar-refractivity contribution in [2.45, 2.75) is 13.5 Å². The average molecular weight is 371 g/mol. The van der Waals surface area contributed by atoms with E-state index in [9.17, 15) is 9.59 Å². The summed E-state index contributed by atoms with van der Waals surface area (Å²) in [6, 6.07) is 16.5. The Balaban J connectivity index is 1.87. The Morgan fingerprint density at radius 2 is 1.46 bits per heavy atom. The summed E-state index contributed by atoms with van der Waals surface area (Å²) in [7, 11) is 1.74. The molecule has 0 saturated carbocycles. The molecular formula is C23H21N3O2. The first-order valence-corrected chi connectivity index (χ1v) is 9.15. The lowest BCUT2D eigenvalue weighted by molar-refractivity contribution is 0.0980. The van der Waals surface area contributed by atoms with Crippen LogP contribution in [0.4, 0.5) is 17.1 Å². The number of rotatable bonds is 4. The normalized spacial score (nSPS) is 12.4. The fraction of sp³-hybridized carbons (Fsp3) is 0.130. The summed E-state index contributed by atoms with van der Waals surface area (Å²) in [5.74, 6) is -0.305. The van der Waals surface area contributed by atoms with E-state index in [-0.39, 0.29) is 11.6 Å². The molecule has 5 heteroatoms. The van der Waals surface area contributed by atoms with Crippen molar-refractivity contribution in [2.75, 3.05) is 17.7 Å². The van der Waals surface area contributed by atoms with Crippen LogP contribution in [0.5, 0.6) is 0 Å². The van der Waals surface area contributed by atoms with Crippen molar-refractivity contribution >= 4 is 28.6 Å². The van der Waals surface area contributed by atoms with Crippen molar-refractivity contribution in [2.24, 2.45) is 5.73 Å². The van der Waals surface area contributed by atoms with Crippen LogP contribution in [0.2, 0.25) is 0 Å². The molecule has 4 rings (SSSR count). The van der Waals surface area contributed by atoms with Gasteiger partial charge in [-0.15, -0.1) is 0 Å². The molecule has 4 N–H and O–H groups in total. The van der Waals surface area contributed by atoms with Crippen LogP contribution < -0.4 is 16.4 Å². The second-order valence-electron chi connectivity index (χ2n) is 6.83. The zero-order valence-electron chi connectivity index (χ0n) is 15.8. The molecule has 3 aromatic rings. The van der Waals surface area contributed by atoms with E-state index in [4.69, 9.17) is 5.73 Å². The van der Waals surface area contributed by atoms with Crippen molar-refractivity contribution in [1.82, 2.24) is 0 Å². The number of aryl methyl sites for hydroxylation is 1. The van der Waals surface area contributed by atoms with Crippen LogP contribution in [-0.2, 0) is 6.54 Å². The summed E-state index contributed by atoms with van der Waals surface area (Å²) in [5, 5.41) is 6.35. The number of nitrogens with two attached hydrogens (primary N) is 1. The standard InChI is InChI=1S/C23H21N3O2/c1-13-7-8-15(11-14(13)12-24)26-19-10-9-18(25-2)20-21(19)23(28)17-6-4-3-5-16(17)22(20)27/h3-11,25-26H,12,24H2,1-2H3. The minimum atomic E-state index is -0.157. The molecule has 3 aromatic carbocycles. The number of ketones is 2. The number of hydrogen-bond acceptors (Lipinski definition) is 5. The van der Waals surface area contributed by atoms with Gasteiger partial charge in [-0.25, -0.2) is 0 Å². The maximum atomic E-state index is 13.3. The molecule has 0 aromatic heterocycles. The molecule has 0 bridgehead atoms. The van der Waals surface area contributed by atoms with Crippen LogP contribution >= 0.6 is 0 Å². The van der Waals surface area contributed by atoms with Gasteiger partial charge in [0, 0.05) is 36.1 Å². The molecule has 0 radical (unpaired) electrons. The van der Waals surface area contributed by atoms with Crippen molar-refractivity contribution in [3.63, 3.8) is 0 Å². The minimum absolute atomic E-state index is 0.148. The predicted octanol–water partition coefficient (Wildman–Crippen LogP) is 4.01. The zero-order valence-corrected chi connectivity index (χ0v) is 15.8. The van der Waals surface area contributed by atoms with Crippen molar-refractivity contribution < 1.29 is 9.59 Å². The smallest absolute Gasteiger partial charge is 0.196 e. The molecule has 0 amide bonds. The first-order chi connectivity index (χ1) is 13.5. The fourth-order valence-corrected chi connectivity index (χ4v) is 3.66. The highest BCUT2D eigenvalue weighted by atomic mass is 16.1. The third-order valence-corrected chi connectivity index (χ3v) is 5.19. The van der Waals surface area contributed by atoms with Crippen LogP contribution in [0.15, 0.2) is 54.6 Å². The largest absolute Gasteiger partial charge is 0.388 e. The van der Waals surface area contributed by atoms with Gasteiger partial charge in [0.1, 0.15) is 0 Å². The quantitative estimate of drug-likeness (QED) is 0.505. The molecule has 1 aliphatic rings. The Kier molecular flexibility index (Phi) is 4.45. The van der Waals surface area contributed by atoms with Gasteiger partial charge in [0.2, 0.25) is 0 Å². The number of hydrogen-bond donors (Lipinski definition) is 3. The van der Waals surface area contributed by atoms with E-state index in [1.807, 2.05) is 37.3 Å². The zero-order chi connectivity index (χ0) is 19.8. The van der Waals surface area contributed by atoms with Gasteiger partial charge in [-0.3, -0.25) is 9.59 Å². The fourth-order valence-electron chi connectivity index (χ4n) is 3.66. The highest BCUT2D eigenvalue weighted by Gasteiger charge is 2.33. The maximum absolute atomic E-state index is 13.3. The second kappa shape index (κ2) is 6.94. The Morgan fingerprint density at radius 1 is 0.857 bits per heavy atom. The van der Waals surface area contributed by atoms with Gasteiger partial charge in [0.05, 0.1) is 16.8 Å².